The minimum atomic E-state index is -0.176. The number of halogens is 2. The maximum Gasteiger partial charge on any atom is 0.128 e. The van der Waals surface area contributed by atoms with E-state index in [4.69, 9.17) is 5.11 Å². The molecule has 1 aromatic carbocycles. The Morgan fingerprint density at radius 1 is 1.33 bits per heavy atom. The van der Waals surface area contributed by atoms with Crippen LogP contribution in [0.1, 0.15) is 31.2 Å². The molecule has 0 unspecified atom stereocenters. The average molecular weight is 316 g/mol. The van der Waals surface area contributed by atoms with Gasteiger partial charge in [0.25, 0.3) is 0 Å². The molecule has 2 rings (SSSR count). The minimum absolute atomic E-state index is 0.134. The molecule has 1 N–H and O–H groups in total. The van der Waals surface area contributed by atoms with Crippen molar-refractivity contribution < 1.29 is 9.50 Å². The first-order valence-corrected chi connectivity index (χ1v) is 7.29. The van der Waals surface area contributed by atoms with Crippen LogP contribution in [0.5, 0.6) is 0 Å². The Kier molecular flexibility index (Phi) is 5.15. The second kappa shape index (κ2) is 6.64. The van der Waals surface area contributed by atoms with Gasteiger partial charge in [0.1, 0.15) is 5.82 Å². The first kappa shape index (κ1) is 14.0. The van der Waals surface area contributed by atoms with E-state index in [-0.39, 0.29) is 12.4 Å². The zero-order valence-electron chi connectivity index (χ0n) is 10.4. The molecule has 18 heavy (non-hydrogen) atoms. The Hall–Kier alpha value is -0.450. The van der Waals surface area contributed by atoms with Crippen LogP contribution in [0, 0.1) is 5.82 Å². The maximum atomic E-state index is 13.8. The van der Waals surface area contributed by atoms with Gasteiger partial charge in [0, 0.05) is 29.2 Å². The van der Waals surface area contributed by atoms with Crippen molar-refractivity contribution in [3.63, 3.8) is 0 Å². The molecule has 100 valence electrons. The summed E-state index contributed by atoms with van der Waals surface area (Å²) < 4.78 is 14.6. The molecule has 1 aromatic rings. The number of aliphatic hydroxyl groups is 1. The highest BCUT2D eigenvalue weighted by Gasteiger charge is 2.22. The van der Waals surface area contributed by atoms with Gasteiger partial charge in [-0.25, -0.2) is 4.39 Å². The van der Waals surface area contributed by atoms with Gasteiger partial charge in [0.05, 0.1) is 6.61 Å². The number of hydrogen-bond donors (Lipinski definition) is 1. The summed E-state index contributed by atoms with van der Waals surface area (Å²) in [6.07, 6.45) is 4.82. The van der Waals surface area contributed by atoms with E-state index in [1.807, 2.05) is 12.1 Å². The quantitative estimate of drug-likeness (QED) is 0.901. The third-order valence-corrected chi connectivity index (χ3v) is 4.11. The van der Waals surface area contributed by atoms with E-state index in [9.17, 15) is 4.39 Å². The third-order valence-electron chi connectivity index (χ3n) is 3.62. The topological polar surface area (TPSA) is 23.5 Å². The Balaban J connectivity index is 2.07. The Bertz CT molecular complexity index is 393. The summed E-state index contributed by atoms with van der Waals surface area (Å²) in [5, 5.41) is 9.15. The lowest BCUT2D eigenvalue weighted by atomic mass is 10.1. The van der Waals surface area contributed by atoms with E-state index in [0.29, 0.717) is 24.7 Å². The molecule has 0 radical (unpaired) electrons. The van der Waals surface area contributed by atoms with Crippen molar-refractivity contribution >= 4 is 15.9 Å². The first-order valence-electron chi connectivity index (χ1n) is 6.49. The molecule has 0 amide bonds. The molecule has 0 spiro atoms. The molecule has 0 aliphatic heterocycles. The van der Waals surface area contributed by atoms with Crippen LogP contribution in [-0.4, -0.2) is 29.2 Å². The fraction of sp³-hybridized carbons (Fsp3) is 0.571. The van der Waals surface area contributed by atoms with Gasteiger partial charge < -0.3 is 5.11 Å². The van der Waals surface area contributed by atoms with Gasteiger partial charge in [-0.3, -0.25) is 4.90 Å². The Morgan fingerprint density at radius 3 is 2.67 bits per heavy atom. The molecule has 1 fully saturated rings. The van der Waals surface area contributed by atoms with Gasteiger partial charge in [-0.1, -0.05) is 34.8 Å². The molecule has 0 bridgehead atoms. The zero-order chi connectivity index (χ0) is 13.0. The van der Waals surface area contributed by atoms with E-state index in [2.05, 4.69) is 20.8 Å². The van der Waals surface area contributed by atoms with Gasteiger partial charge in [-0.15, -0.1) is 0 Å². The van der Waals surface area contributed by atoms with Crippen LogP contribution in [0.15, 0.2) is 22.7 Å². The van der Waals surface area contributed by atoms with Crippen molar-refractivity contribution in [2.75, 3.05) is 13.2 Å². The lowest BCUT2D eigenvalue weighted by Crippen LogP contribution is -2.35. The molecule has 0 saturated heterocycles. The van der Waals surface area contributed by atoms with Crippen molar-refractivity contribution in [2.24, 2.45) is 0 Å². The SMILES string of the molecule is OCCN(Cc1ccc(Br)cc1F)C1CCCC1. The molecule has 0 aromatic heterocycles. The summed E-state index contributed by atoms with van der Waals surface area (Å²) in [6.45, 7) is 1.35. The normalized spacial score (nSPS) is 16.7. The van der Waals surface area contributed by atoms with Gasteiger partial charge in [-0.2, -0.15) is 0 Å². The average Bonchev–Trinajstić information content (AvgIpc) is 2.85. The minimum Gasteiger partial charge on any atom is -0.395 e. The molecule has 1 saturated carbocycles. The summed E-state index contributed by atoms with van der Waals surface area (Å²) in [7, 11) is 0. The number of benzene rings is 1. The highest BCUT2D eigenvalue weighted by atomic mass is 79.9. The van der Waals surface area contributed by atoms with E-state index < -0.39 is 0 Å². The fourth-order valence-corrected chi connectivity index (χ4v) is 2.99. The number of rotatable bonds is 5. The van der Waals surface area contributed by atoms with Crippen molar-refractivity contribution in [3.05, 3.63) is 34.1 Å². The maximum absolute atomic E-state index is 13.8. The van der Waals surface area contributed by atoms with Crippen molar-refractivity contribution in [1.29, 1.82) is 0 Å². The van der Waals surface area contributed by atoms with E-state index in [0.717, 1.165) is 17.3 Å². The van der Waals surface area contributed by atoms with Gasteiger partial charge in [0.15, 0.2) is 0 Å². The zero-order valence-corrected chi connectivity index (χ0v) is 12.0. The largest absolute Gasteiger partial charge is 0.395 e. The predicted octanol–water partition coefficient (Wildman–Crippen LogP) is 3.33. The van der Waals surface area contributed by atoms with E-state index in [1.54, 1.807) is 0 Å². The van der Waals surface area contributed by atoms with Gasteiger partial charge >= 0.3 is 0 Å². The van der Waals surface area contributed by atoms with Crippen molar-refractivity contribution in [1.82, 2.24) is 4.90 Å². The summed E-state index contributed by atoms with van der Waals surface area (Å²) >= 11 is 3.27. The van der Waals surface area contributed by atoms with Crippen molar-refractivity contribution in [3.8, 4) is 0 Å². The standard InChI is InChI=1S/C14H19BrFNO/c15-12-6-5-11(14(16)9-12)10-17(7-8-18)13-3-1-2-4-13/h5-6,9,13,18H,1-4,7-8,10H2. The first-order chi connectivity index (χ1) is 8.70. The predicted molar refractivity (Wildman–Crippen MR) is 73.9 cm³/mol. The van der Waals surface area contributed by atoms with Crippen LogP contribution in [0.2, 0.25) is 0 Å². The fourth-order valence-electron chi connectivity index (χ4n) is 2.66. The molecule has 0 atom stereocenters. The second-order valence-electron chi connectivity index (χ2n) is 4.87. The molecule has 1 aliphatic carbocycles. The number of nitrogens with zero attached hydrogens (tertiary/aromatic N) is 1. The Labute approximate surface area is 116 Å². The molecule has 2 nitrogen and oxygen atoms in total. The molecule has 0 heterocycles. The second-order valence-corrected chi connectivity index (χ2v) is 5.78. The lowest BCUT2D eigenvalue weighted by Gasteiger charge is -2.28. The Morgan fingerprint density at radius 2 is 2.06 bits per heavy atom. The van der Waals surface area contributed by atoms with Crippen LogP contribution < -0.4 is 0 Å². The molecular formula is C14H19BrFNO. The summed E-state index contributed by atoms with van der Waals surface area (Å²) in [6, 6.07) is 5.68. The molecular weight excluding hydrogens is 297 g/mol. The number of aliphatic hydroxyl groups excluding tert-OH is 1. The molecule has 4 heteroatoms. The monoisotopic (exact) mass is 315 g/mol. The smallest absolute Gasteiger partial charge is 0.128 e. The van der Waals surface area contributed by atoms with Crippen LogP contribution in [-0.2, 0) is 6.54 Å². The molecule has 1 aliphatic rings. The van der Waals surface area contributed by atoms with Gasteiger partial charge in [-0.05, 0) is 25.0 Å². The summed E-state index contributed by atoms with van der Waals surface area (Å²) in [4.78, 5) is 2.21. The van der Waals surface area contributed by atoms with E-state index in [1.165, 1.54) is 18.9 Å². The third kappa shape index (κ3) is 3.53. The van der Waals surface area contributed by atoms with Crippen LogP contribution >= 0.6 is 15.9 Å². The van der Waals surface area contributed by atoms with Crippen LogP contribution in [0.4, 0.5) is 4.39 Å². The number of hydrogen-bond acceptors (Lipinski definition) is 2. The highest BCUT2D eigenvalue weighted by Crippen LogP contribution is 2.25. The van der Waals surface area contributed by atoms with Crippen LogP contribution in [0.25, 0.3) is 0 Å². The van der Waals surface area contributed by atoms with Crippen molar-refractivity contribution in [2.45, 2.75) is 38.3 Å². The van der Waals surface area contributed by atoms with E-state index >= 15 is 0 Å². The summed E-state index contributed by atoms with van der Waals surface area (Å²) in [5.74, 6) is -0.176. The van der Waals surface area contributed by atoms with Gasteiger partial charge in [0.2, 0.25) is 0 Å². The van der Waals surface area contributed by atoms with Crippen LogP contribution in [0.3, 0.4) is 0 Å². The highest BCUT2D eigenvalue weighted by molar-refractivity contribution is 9.10. The summed E-state index contributed by atoms with van der Waals surface area (Å²) in [5.41, 5.74) is 0.707. The lowest BCUT2D eigenvalue weighted by molar-refractivity contribution is 0.143.